The Morgan fingerprint density at radius 1 is 1.39 bits per heavy atom. The summed E-state index contributed by atoms with van der Waals surface area (Å²) >= 11 is 0. The van der Waals surface area contributed by atoms with E-state index < -0.39 is 0 Å². The first-order valence-electron chi connectivity index (χ1n) is 6.87. The SMILES string of the molecule is CNC1CCC(CC2Cc3cc(F)ccc3O2)C1. The van der Waals surface area contributed by atoms with Crippen LogP contribution in [-0.4, -0.2) is 19.2 Å². The molecule has 1 aliphatic heterocycles. The number of fused-ring (bicyclic) bond motifs is 1. The Kier molecular flexibility index (Phi) is 3.25. The quantitative estimate of drug-likeness (QED) is 0.889. The van der Waals surface area contributed by atoms with Gasteiger partial charge in [0.1, 0.15) is 17.7 Å². The minimum atomic E-state index is -0.158. The summed E-state index contributed by atoms with van der Waals surface area (Å²) in [5.74, 6) is 1.48. The van der Waals surface area contributed by atoms with E-state index >= 15 is 0 Å². The number of hydrogen-bond donors (Lipinski definition) is 1. The summed E-state index contributed by atoms with van der Waals surface area (Å²) in [5.41, 5.74) is 1.03. The molecule has 18 heavy (non-hydrogen) atoms. The standard InChI is InChI=1S/C15H20FNO/c1-17-13-4-2-10(6-13)7-14-9-11-8-12(16)3-5-15(11)18-14/h3,5,8,10,13-14,17H,2,4,6-7,9H2,1H3. The van der Waals surface area contributed by atoms with E-state index in [1.807, 2.05) is 7.05 Å². The second-order valence-electron chi connectivity index (χ2n) is 5.60. The maximum atomic E-state index is 13.1. The van der Waals surface area contributed by atoms with Crippen LogP contribution in [0.25, 0.3) is 0 Å². The van der Waals surface area contributed by atoms with Crippen molar-refractivity contribution in [3.05, 3.63) is 29.6 Å². The molecular weight excluding hydrogens is 229 g/mol. The van der Waals surface area contributed by atoms with Gasteiger partial charge in [0.15, 0.2) is 0 Å². The van der Waals surface area contributed by atoms with Crippen LogP contribution in [-0.2, 0) is 6.42 Å². The summed E-state index contributed by atoms with van der Waals surface area (Å²) in [4.78, 5) is 0. The first-order chi connectivity index (χ1) is 8.74. The minimum absolute atomic E-state index is 0.158. The van der Waals surface area contributed by atoms with Gasteiger partial charge < -0.3 is 10.1 Å². The van der Waals surface area contributed by atoms with Gasteiger partial charge in [0.05, 0.1) is 0 Å². The maximum absolute atomic E-state index is 13.1. The Bertz CT molecular complexity index is 435. The van der Waals surface area contributed by atoms with Crippen molar-refractivity contribution >= 4 is 0 Å². The smallest absolute Gasteiger partial charge is 0.123 e. The van der Waals surface area contributed by atoms with E-state index in [0.29, 0.717) is 6.04 Å². The van der Waals surface area contributed by atoms with Gasteiger partial charge >= 0.3 is 0 Å². The van der Waals surface area contributed by atoms with E-state index in [0.717, 1.165) is 30.1 Å². The van der Waals surface area contributed by atoms with Gasteiger partial charge in [0.2, 0.25) is 0 Å². The monoisotopic (exact) mass is 249 g/mol. The van der Waals surface area contributed by atoms with E-state index in [1.165, 1.54) is 25.3 Å². The number of rotatable bonds is 3. The van der Waals surface area contributed by atoms with Gasteiger partial charge in [0, 0.05) is 18.0 Å². The molecule has 1 N–H and O–H groups in total. The van der Waals surface area contributed by atoms with Gasteiger partial charge in [0.25, 0.3) is 0 Å². The van der Waals surface area contributed by atoms with Crippen LogP contribution in [0.3, 0.4) is 0 Å². The molecule has 3 rings (SSSR count). The lowest BCUT2D eigenvalue weighted by molar-refractivity contribution is 0.193. The molecule has 0 bridgehead atoms. The summed E-state index contributed by atoms with van der Waals surface area (Å²) < 4.78 is 19.0. The van der Waals surface area contributed by atoms with Gasteiger partial charge in [-0.1, -0.05) is 0 Å². The Morgan fingerprint density at radius 2 is 2.28 bits per heavy atom. The highest BCUT2D eigenvalue weighted by atomic mass is 19.1. The molecule has 1 saturated carbocycles. The third-order valence-corrected chi connectivity index (χ3v) is 4.31. The number of halogens is 1. The van der Waals surface area contributed by atoms with Gasteiger partial charge in [-0.15, -0.1) is 0 Å². The molecule has 0 spiro atoms. The molecule has 0 saturated heterocycles. The zero-order valence-electron chi connectivity index (χ0n) is 10.8. The summed E-state index contributed by atoms with van der Waals surface area (Å²) in [6, 6.07) is 5.53. The third kappa shape index (κ3) is 2.37. The van der Waals surface area contributed by atoms with E-state index in [2.05, 4.69) is 5.32 Å². The minimum Gasteiger partial charge on any atom is -0.490 e. The fourth-order valence-electron chi connectivity index (χ4n) is 3.34. The zero-order valence-corrected chi connectivity index (χ0v) is 10.8. The second-order valence-corrected chi connectivity index (χ2v) is 5.60. The average molecular weight is 249 g/mol. The molecule has 1 heterocycles. The third-order valence-electron chi connectivity index (χ3n) is 4.31. The first kappa shape index (κ1) is 12.0. The first-order valence-corrected chi connectivity index (χ1v) is 6.87. The molecule has 98 valence electrons. The van der Waals surface area contributed by atoms with Crippen LogP contribution in [0.1, 0.15) is 31.2 Å². The lowest BCUT2D eigenvalue weighted by Gasteiger charge is -2.16. The van der Waals surface area contributed by atoms with E-state index in [1.54, 1.807) is 12.1 Å². The topological polar surface area (TPSA) is 21.3 Å². The Hall–Kier alpha value is -1.09. The predicted octanol–water partition coefficient (Wildman–Crippen LogP) is 2.91. The fourth-order valence-corrected chi connectivity index (χ4v) is 3.34. The molecular formula is C15H20FNO. The number of benzene rings is 1. The van der Waals surface area contributed by atoms with Gasteiger partial charge in [-0.25, -0.2) is 4.39 Å². The highest BCUT2D eigenvalue weighted by Gasteiger charge is 2.30. The second kappa shape index (κ2) is 4.88. The fraction of sp³-hybridized carbons (Fsp3) is 0.600. The van der Waals surface area contributed by atoms with Gasteiger partial charge in [-0.3, -0.25) is 0 Å². The summed E-state index contributed by atoms with van der Waals surface area (Å²) in [6.45, 7) is 0. The van der Waals surface area contributed by atoms with Gasteiger partial charge in [-0.05, 0) is 56.8 Å². The van der Waals surface area contributed by atoms with Crippen LogP contribution in [0.15, 0.2) is 18.2 Å². The van der Waals surface area contributed by atoms with Crippen LogP contribution >= 0.6 is 0 Å². The lowest BCUT2D eigenvalue weighted by Crippen LogP contribution is -2.22. The molecule has 0 radical (unpaired) electrons. The summed E-state index contributed by atoms with van der Waals surface area (Å²) in [6.07, 6.45) is 6.04. The molecule has 0 amide bonds. The molecule has 2 nitrogen and oxygen atoms in total. The normalized spacial score (nSPS) is 30.2. The molecule has 0 aromatic heterocycles. The number of nitrogens with one attached hydrogen (secondary N) is 1. The van der Waals surface area contributed by atoms with Crippen molar-refractivity contribution in [2.75, 3.05) is 7.05 Å². The van der Waals surface area contributed by atoms with E-state index in [-0.39, 0.29) is 11.9 Å². The molecule has 1 aliphatic carbocycles. The van der Waals surface area contributed by atoms with Crippen molar-refractivity contribution in [2.45, 2.75) is 44.2 Å². The molecule has 3 unspecified atom stereocenters. The van der Waals surface area contributed by atoms with Crippen LogP contribution in [0.2, 0.25) is 0 Å². The van der Waals surface area contributed by atoms with Gasteiger partial charge in [-0.2, -0.15) is 0 Å². The van der Waals surface area contributed by atoms with Crippen molar-refractivity contribution in [2.24, 2.45) is 5.92 Å². The molecule has 2 aliphatic rings. The molecule has 3 heteroatoms. The Labute approximate surface area is 108 Å². The summed E-state index contributed by atoms with van der Waals surface area (Å²) in [7, 11) is 2.04. The van der Waals surface area contributed by atoms with Crippen molar-refractivity contribution in [1.29, 1.82) is 0 Å². The molecule has 1 fully saturated rings. The van der Waals surface area contributed by atoms with Crippen LogP contribution in [0, 0.1) is 11.7 Å². The predicted molar refractivity (Wildman–Crippen MR) is 69.3 cm³/mol. The van der Waals surface area contributed by atoms with Crippen molar-refractivity contribution in [3.63, 3.8) is 0 Å². The molecule has 3 atom stereocenters. The maximum Gasteiger partial charge on any atom is 0.123 e. The van der Waals surface area contributed by atoms with Crippen molar-refractivity contribution < 1.29 is 9.13 Å². The highest BCUT2D eigenvalue weighted by Crippen LogP contribution is 2.35. The average Bonchev–Trinajstić information content (AvgIpc) is 2.95. The molecule has 1 aromatic carbocycles. The Balaban J connectivity index is 1.58. The number of ether oxygens (including phenoxy) is 1. The lowest BCUT2D eigenvalue weighted by atomic mass is 9.97. The number of hydrogen-bond acceptors (Lipinski definition) is 2. The zero-order chi connectivity index (χ0) is 12.5. The summed E-state index contributed by atoms with van der Waals surface area (Å²) in [5, 5.41) is 3.35. The van der Waals surface area contributed by atoms with Crippen molar-refractivity contribution in [3.8, 4) is 5.75 Å². The van der Waals surface area contributed by atoms with Crippen LogP contribution in [0.5, 0.6) is 5.75 Å². The van der Waals surface area contributed by atoms with Crippen LogP contribution < -0.4 is 10.1 Å². The Morgan fingerprint density at radius 3 is 3.06 bits per heavy atom. The highest BCUT2D eigenvalue weighted by molar-refractivity contribution is 5.37. The van der Waals surface area contributed by atoms with E-state index in [4.69, 9.17) is 4.74 Å². The van der Waals surface area contributed by atoms with Crippen LogP contribution in [0.4, 0.5) is 4.39 Å². The van der Waals surface area contributed by atoms with Crippen molar-refractivity contribution in [1.82, 2.24) is 5.32 Å². The van der Waals surface area contributed by atoms with E-state index in [9.17, 15) is 4.39 Å². The molecule has 1 aromatic rings. The largest absolute Gasteiger partial charge is 0.490 e.